The molecule has 0 radical (unpaired) electrons. The van der Waals surface area contributed by atoms with Gasteiger partial charge in [0.15, 0.2) is 0 Å². The monoisotopic (exact) mass is 269 g/mol. The van der Waals surface area contributed by atoms with Crippen LogP contribution in [0.3, 0.4) is 0 Å². The summed E-state index contributed by atoms with van der Waals surface area (Å²) < 4.78 is 1.59. The van der Waals surface area contributed by atoms with Crippen molar-refractivity contribution >= 4 is 17.7 Å². The van der Waals surface area contributed by atoms with E-state index in [2.05, 4.69) is 22.4 Å². The molecule has 6 nitrogen and oxygen atoms in total. The number of nitrogens with zero attached hydrogens (tertiary/aromatic N) is 5. The quantitative estimate of drug-likeness (QED) is 0.764. The number of tetrazole rings is 1. The van der Waals surface area contributed by atoms with Gasteiger partial charge in [-0.15, -0.1) is 5.10 Å². The fraction of sp³-hybridized carbons (Fsp3) is 0.818. The second-order valence-electron chi connectivity index (χ2n) is 4.85. The number of hydrogen-bond donors (Lipinski definition) is 0. The topological polar surface area (TPSA) is 63.9 Å². The van der Waals surface area contributed by atoms with Gasteiger partial charge in [-0.3, -0.25) is 4.79 Å². The molecule has 0 saturated carbocycles. The van der Waals surface area contributed by atoms with Crippen molar-refractivity contribution in [3.8, 4) is 0 Å². The van der Waals surface area contributed by atoms with Gasteiger partial charge in [0.25, 0.3) is 0 Å². The van der Waals surface area contributed by atoms with Crippen molar-refractivity contribution in [2.75, 3.05) is 13.1 Å². The number of piperidine rings is 1. The number of aryl methyl sites for hydroxylation is 1. The molecule has 1 fully saturated rings. The van der Waals surface area contributed by atoms with Crippen LogP contribution in [0.15, 0.2) is 5.16 Å². The lowest BCUT2D eigenvalue weighted by molar-refractivity contribution is -0.131. The van der Waals surface area contributed by atoms with E-state index in [-0.39, 0.29) is 11.2 Å². The highest BCUT2D eigenvalue weighted by atomic mass is 32.2. The summed E-state index contributed by atoms with van der Waals surface area (Å²) in [5.41, 5.74) is 0. The summed E-state index contributed by atoms with van der Waals surface area (Å²) in [4.78, 5) is 14.2. The molecule has 0 aliphatic carbocycles. The van der Waals surface area contributed by atoms with Crippen molar-refractivity contribution in [2.45, 2.75) is 37.1 Å². The number of hydrogen-bond acceptors (Lipinski definition) is 5. The Bertz CT molecular complexity index is 413. The standard InChI is InChI=1S/C11H19N5OS/c1-8-4-6-16(7-5-8)10(17)9(2)18-11-12-13-14-15(11)3/h8-9H,4-7H2,1-3H3. The second-order valence-corrected chi connectivity index (χ2v) is 6.16. The summed E-state index contributed by atoms with van der Waals surface area (Å²) in [6, 6.07) is 0. The Morgan fingerprint density at radius 3 is 2.67 bits per heavy atom. The molecular formula is C11H19N5OS. The van der Waals surface area contributed by atoms with Crippen LogP contribution in [0, 0.1) is 5.92 Å². The number of amides is 1. The predicted molar refractivity (Wildman–Crippen MR) is 69.1 cm³/mol. The normalized spacial score (nSPS) is 18.9. The van der Waals surface area contributed by atoms with Crippen molar-refractivity contribution in [1.82, 2.24) is 25.1 Å². The third-order valence-electron chi connectivity index (χ3n) is 3.31. The summed E-state index contributed by atoms with van der Waals surface area (Å²) in [5, 5.41) is 11.8. The lowest BCUT2D eigenvalue weighted by atomic mass is 9.99. The average Bonchev–Trinajstić information content (AvgIpc) is 2.75. The number of aromatic nitrogens is 4. The maximum absolute atomic E-state index is 12.3. The summed E-state index contributed by atoms with van der Waals surface area (Å²) in [6.45, 7) is 5.91. The van der Waals surface area contributed by atoms with E-state index in [0.29, 0.717) is 5.16 Å². The lowest BCUT2D eigenvalue weighted by Gasteiger charge is -2.31. The van der Waals surface area contributed by atoms with Crippen LogP contribution < -0.4 is 0 Å². The Labute approximate surface area is 111 Å². The van der Waals surface area contributed by atoms with E-state index in [0.717, 1.165) is 31.8 Å². The van der Waals surface area contributed by atoms with E-state index < -0.39 is 0 Å². The summed E-state index contributed by atoms with van der Waals surface area (Å²) in [5.74, 6) is 0.926. The van der Waals surface area contributed by atoms with E-state index in [1.807, 2.05) is 11.8 Å². The summed E-state index contributed by atoms with van der Waals surface area (Å²) >= 11 is 1.42. The minimum Gasteiger partial charge on any atom is -0.342 e. The van der Waals surface area contributed by atoms with E-state index >= 15 is 0 Å². The molecule has 0 spiro atoms. The molecule has 1 aromatic heterocycles. The highest BCUT2D eigenvalue weighted by molar-refractivity contribution is 8.00. The summed E-state index contributed by atoms with van der Waals surface area (Å²) in [7, 11) is 1.78. The molecule has 0 bridgehead atoms. The van der Waals surface area contributed by atoms with Gasteiger partial charge in [0.1, 0.15) is 0 Å². The number of likely N-dealkylation sites (tertiary alicyclic amines) is 1. The third-order valence-corrected chi connectivity index (χ3v) is 4.42. The van der Waals surface area contributed by atoms with Crippen LogP contribution >= 0.6 is 11.8 Å². The van der Waals surface area contributed by atoms with Gasteiger partial charge in [0, 0.05) is 20.1 Å². The van der Waals surface area contributed by atoms with Gasteiger partial charge < -0.3 is 4.90 Å². The van der Waals surface area contributed by atoms with Crippen LogP contribution in [0.2, 0.25) is 0 Å². The van der Waals surface area contributed by atoms with Crippen LogP contribution in [-0.2, 0) is 11.8 Å². The molecule has 1 aromatic rings. The Kier molecular flexibility index (Phi) is 4.21. The molecular weight excluding hydrogens is 250 g/mol. The van der Waals surface area contributed by atoms with Crippen LogP contribution in [0.1, 0.15) is 26.7 Å². The van der Waals surface area contributed by atoms with E-state index in [1.165, 1.54) is 11.8 Å². The van der Waals surface area contributed by atoms with Gasteiger partial charge in [-0.05, 0) is 36.1 Å². The minimum absolute atomic E-state index is 0.136. The Morgan fingerprint density at radius 1 is 1.44 bits per heavy atom. The molecule has 2 heterocycles. The highest BCUT2D eigenvalue weighted by Crippen LogP contribution is 2.23. The van der Waals surface area contributed by atoms with Crippen molar-refractivity contribution < 1.29 is 4.79 Å². The molecule has 18 heavy (non-hydrogen) atoms. The largest absolute Gasteiger partial charge is 0.342 e. The number of carbonyl (C=O) groups is 1. The van der Waals surface area contributed by atoms with E-state index in [9.17, 15) is 4.79 Å². The molecule has 0 N–H and O–H groups in total. The zero-order valence-corrected chi connectivity index (χ0v) is 11.9. The molecule has 1 aliphatic heterocycles. The number of rotatable bonds is 3. The van der Waals surface area contributed by atoms with Crippen LogP contribution in [0.25, 0.3) is 0 Å². The van der Waals surface area contributed by atoms with Crippen LogP contribution in [-0.4, -0.2) is 49.4 Å². The van der Waals surface area contributed by atoms with Gasteiger partial charge in [0.2, 0.25) is 11.1 Å². The van der Waals surface area contributed by atoms with Crippen molar-refractivity contribution in [1.29, 1.82) is 0 Å². The Balaban J connectivity index is 1.91. The fourth-order valence-electron chi connectivity index (χ4n) is 2.02. The first-order valence-electron chi connectivity index (χ1n) is 6.25. The first-order chi connectivity index (χ1) is 8.58. The number of carbonyl (C=O) groups excluding carboxylic acids is 1. The lowest BCUT2D eigenvalue weighted by Crippen LogP contribution is -2.41. The predicted octanol–water partition coefficient (Wildman–Crippen LogP) is 0.949. The number of thioether (sulfide) groups is 1. The fourth-order valence-corrected chi connectivity index (χ4v) is 2.85. The maximum atomic E-state index is 12.3. The molecule has 100 valence electrons. The summed E-state index contributed by atoms with van der Waals surface area (Å²) in [6.07, 6.45) is 2.21. The van der Waals surface area contributed by atoms with Gasteiger partial charge in [-0.1, -0.05) is 18.7 Å². The van der Waals surface area contributed by atoms with Gasteiger partial charge in [-0.25, -0.2) is 4.68 Å². The zero-order valence-electron chi connectivity index (χ0n) is 11.0. The van der Waals surface area contributed by atoms with Gasteiger partial charge in [0.05, 0.1) is 5.25 Å². The second kappa shape index (κ2) is 5.69. The molecule has 1 amide bonds. The molecule has 0 aromatic carbocycles. The van der Waals surface area contributed by atoms with Crippen LogP contribution in [0.4, 0.5) is 0 Å². The maximum Gasteiger partial charge on any atom is 0.235 e. The molecule has 1 aliphatic rings. The van der Waals surface area contributed by atoms with Crippen molar-refractivity contribution in [2.24, 2.45) is 13.0 Å². The molecule has 1 atom stereocenters. The molecule has 1 saturated heterocycles. The Morgan fingerprint density at radius 2 is 2.11 bits per heavy atom. The van der Waals surface area contributed by atoms with Gasteiger partial charge >= 0.3 is 0 Å². The van der Waals surface area contributed by atoms with Gasteiger partial charge in [-0.2, -0.15) is 0 Å². The first kappa shape index (κ1) is 13.3. The van der Waals surface area contributed by atoms with E-state index in [1.54, 1.807) is 11.7 Å². The van der Waals surface area contributed by atoms with Crippen molar-refractivity contribution in [3.05, 3.63) is 0 Å². The highest BCUT2D eigenvalue weighted by Gasteiger charge is 2.26. The van der Waals surface area contributed by atoms with Crippen molar-refractivity contribution in [3.63, 3.8) is 0 Å². The molecule has 7 heteroatoms. The first-order valence-corrected chi connectivity index (χ1v) is 7.13. The third kappa shape index (κ3) is 3.01. The zero-order chi connectivity index (χ0) is 13.1. The average molecular weight is 269 g/mol. The van der Waals surface area contributed by atoms with Crippen LogP contribution in [0.5, 0.6) is 0 Å². The Hall–Kier alpha value is -1.11. The van der Waals surface area contributed by atoms with E-state index in [4.69, 9.17) is 0 Å². The molecule has 1 unspecified atom stereocenters. The molecule has 2 rings (SSSR count). The minimum atomic E-state index is -0.136. The SMILES string of the molecule is CC1CCN(C(=O)C(C)Sc2nnnn2C)CC1. The smallest absolute Gasteiger partial charge is 0.235 e.